The highest BCUT2D eigenvalue weighted by atomic mass is 19.1. The van der Waals surface area contributed by atoms with Crippen molar-refractivity contribution in [3.05, 3.63) is 65.0 Å². The van der Waals surface area contributed by atoms with Crippen LogP contribution in [0, 0.1) is 5.82 Å². The second kappa shape index (κ2) is 6.20. The quantitative estimate of drug-likeness (QED) is 0.915. The highest BCUT2D eigenvalue weighted by Gasteiger charge is 2.23. The summed E-state index contributed by atoms with van der Waals surface area (Å²) in [6, 6.07) is 11.3. The van der Waals surface area contributed by atoms with Crippen molar-refractivity contribution in [1.29, 1.82) is 0 Å². The number of anilines is 1. The lowest BCUT2D eigenvalue weighted by Gasteiger charge is -2.12. The lowest BCUT2D eigenvalue weighted by Crippen LogP contribution is -2.35. The fraction of sp³-hybridized carbons (Fsp3) is 0.222. The van der Waals surface area contributed by atoms with E-state index in [1.807, 2.05) is 18.2 Å². The van der Waals surface area contributed by atoms with Gasteiger partial charge in [-0.3, -0.25) is 9.59 Å². The van der Waals surface area contributed by atoms with E-state index in [0.717, 1.165) is 24.1 Å². The van der Waals surface area contributed by atoms with Gasteiger partial charge in [0.15, 0.2) is 0 Å². The minimum Gasteiger partial charge on any atom is -0.349 e. The van der Waals surface area contributed by atoms with Crippen molar-refractivity contribution in [1.82, 2.24) is 5.32 Å². The number of hydrogen-bond donors (Lipinski definition) is 2. The summed E-state index contributed by atoms with van der Waals surface area (Å²) in [5.74, 6) is -0.672. The maximum absolute atomic E-state index is 12.9. The van der Waals surface area contributed by atoms with Gasteiger partial charge in [-0.1, -0.05) is 6.07 Å². The molecule has 1 aliphatic rings. The number of carbonyl (C=O) groups is 2. The van der Waals surface area contributed by atoms with Gasteiger partial charge in [-0.15, -0.1) is 0 Å². The molecule has 0 bridgehead atoms. The minimum absolute atomic E-state index is 0.00938. The monoisotopic (exact) mass is 312 g/mol. The molecule has 1 unspecified atom stereocenters. The van der Waals surface area contributed by atoms with Gasteiger partial charge in [0.05, 0.1) is 0 Å². The Labute approximate surface area is 133 Å². The first kappa shape index (κ1) is 15.2. The first-order valence-electron chi connectivity index (χ1n) is 7.47. The molecule has 5 heteroatoms. The van der Waals surface area contributed by atoms with Crippen molar-refractivity contribution in [3.8, 4) is 0 Å². The van der Waals surface area contributed by atoms with Crippen LogP contribution in [-0.2, 0) is 17.6 Å². The molecule has 0 spiro atoms. The zero-order valence-corrected chi connectivity index (χ0v) is 12.7. The van der Waals surface area contributed by atoms with E-state index < -0.39 is 0 Å². The lowest BCUT2D eigenvalue weighted by molar-refractivity contribution is -0.114. The van der Waals surface area contributed by atoms with Gasteiger partial charge in [0.25, 0.3) is 5.91 Å². The summed E-state index contributed by atoms with van der Waals surface area (Å²) in [5.41, 5.74) is 3.51. The molecular weight excluding hydrogens is 295 g/mol. The Kier molecular flexibility index (Phi) is 4.10. The van der Waals surface area contributed by atoms with Gasteiger partial charge in [0.1, 0.15) is 5.82 Å². The summed E-state index contributed by atoms with van der Waals surface area (Å²) < 4.78 is 12.9. The van der Waals surface area contributed by atoms with Crippen molar-refractivity contribution < 1.29 is 14.0 Å². The Morgan fingerprint density at radius 1 is 1.04 bits per heavy atom. The Morgan fingerprint density at radius 3 is 2.43 bits per heavy atom. The molecule has 0 radical (unpaired) electrons. The van der Waals surface area contributed by atoms with Gasteiger partial charge in [-0.2, -0.15) is 0 Å². The van der Waals surface area contributed by atoms with Crippen LogP contribution < -0.4 is 10.6 Å². The Bertz CT molecular complexity index is 756. The molecule has 23 heavy (non-hydrogen) atoms. The van der Waals surface area contributed by atoms with Crippen molar-refractivity contribution in [2.45, 2.75) is 25.8 Å². The molecule has 2 N–H and O–H groups in total. The number of halogens is 1. The zero-order valence-electron chi connectivity index (χ0n) is 12.7. The van der Waals surface area contributed by atoms with Gasteiger partial charge in [0.2, 0.25) is 5.91 Å². The maximum Gasteiger partial charge on any atom is 0.251 e. The summed E-state index contributed by atoms with van der Waals surface area (Å²) in [6.45, 7) is 1.47. The second-order valence-electron chi connectivity index (χ2n) is 5.75. The predicted molar refractivity (Wildman–Crippen MR) is 85.8 cm³/mol. The second-order valence-corrected chi connectivity index (χ2v) is 5.75. The van der Waals surface area contributed by atoms with E-state index in [-0.39, 0.29) is 23.7 Å². The van der Waals surface area contributed by atoms with E-state index >= 15 is 0 Å². The van der Waals surface area contributed by atoms with Gasteiger partial charge in [0, 0.05) is 24.2 Å². The molecule has 1 atom stereocenters. The van der Waals surface area contributed by atoms with Crippen molar-refractivity contribution in [3.63, 3.8) is 0 Å². The van der Waals surface area contributed by atoms with Crippen LogP contribution in [0.15, 0.2) is 42.5 Å². The van der Waals surface area contributed by atoms with Gasteiger partial charge in [-0.05, 0) is 60.4 Å². The fourth-order valence-corrected chi connectivity index (χ4v) is 2.87. The van der Waals surface area contributed by atoms with E-state index in [2.05, 4.69) is 10.6 Å². The fourth-order valence-electron chi connectivity index (χ4n) is 2.87. The molecule has 2 aromatic rings. The third kappa shape index (κ3) is 3.56. The van der Waals surface area contributed by atoms with Gasteiger partial charge in [-0.25, -0.2) is 4.39 Å². The number of hydrogen-bond acceptors (Lipinski definition) is 2. The van der Waals surface area contributed by atoms with Crippen LogP contribution in [0.25, 0.3) is 0 Å². The van der Waals surface area contributed by atoms with Crippen molar-refractivity contribution in [2.24, 2.45) is 0 Å². The standard InChI is InChI=1S/C18H17FN2O2/c1-11(22)20-16-7-4-13-8-17(10-14(13)9-16)21-18(23)12-2-5-15(19)6-3-12/h2-7,9,17H,8,10H2,1H3,(H,20,22)(H,21,23). The van der Waals surface area contributed by atoms with E-state index in [4.69, 9.17) is 0 Å². The highest BCUT2D eigenvalue weighted by Crippen LogP contribution is 2.25. The molecule has 4 nitrogen and oxygen atoms in total. The number of amides is 2. The zero-order chi connectivity index (χ0) is 16.4. The number of carbonyl (C=O) groups excluding carboxylic acids is 2. The molecule has 0 saturated carbocycles. The SMILES string of the molecule is CC(=O)Nc1ccc2c(c1)CC(NC(=O)c1ccc(F)cc1)C2. The Morgan fingerprint density at radius 2 is 1.74 bits per heavy atom. The molecule has 2 aromatic carbocycles. The highest BCUT2D eigenvalue weighted by molar-refractivity contribution is 5.94. The molecule has 0 fully saturated rings. The van der Waals surface area contributed by atoms with Gasteiger partial charge < -0.3 is 10.6 Å². The molecule has 118 valence electrons. The third-order valence-corrected chi connectivity index (χ3v) is 3.90. The smallest absolute Gasteiger partial charge is 0.251 e. The van der Waals surface area contributed by atoms with Crippen LogP contribution in [0.4, 0.5) is 10.1 Å². The number of fused-ring (bicyclic) bond motifs is 1. The third-order valence-electron chi connectivity index (χ3n) is 3.90. The number of nitrogens with one attached hydrogen (secondary N) is 2. The molecule has 0 saturated heterocycles. The van der Waals surface area contributed by atoms with Crippen LogP contribution in [0.1, 0.15) is 28.4 Å². The minimum atomic E-state index is -0.361. The van der Waals surface area contributed by atoms with E-state index in [1.165, 1.54) is 36.8 Å². The molecule has 0 aromatic heterocycles. The lowest BCUT2D eigenvalue weighted by atomic mass is 10.1. The topological polar surface area (TPSA) is 58.2 Å². The molecule has 3 rings (SSSR count). The number of benzene rings is 2. The van der Waals surface area contributed by atoms with Crippen LogP contribution >= 0.6 is 0 Å². The van der Waals surface area contributed by atoms with Crippen LogP contribution in [0.3, 0.4) is 0 Å². The summed E-state index contributed by atoms with van der Waals surface area (Å²) in [5, 5.41) is 5.73. The summed E-state index contributed by atoms with van der Waals surface area (Å²) in [4.78, 5) is 23.3. The summed E-state index contributed by atoms with van der Waals surface area (Å²) in [6.07, 6.45) is 1.47. The first-order chi connectivity index (χ1) is 11.0. The van der Waals surface area contributed by atoms with Crippen LogP contribution in [0.5, 0.6) is 0 Å². The summed E-state index contributed by atoms with van der Waals surface area (Å²) in [7, 11) is 0. The molecule has 0 aliphatic heterocycles. The average Bonchev–Trinajstić information content (AvgIpc) is 2.88. The van der Waals surface area contributed by atoms with Crippen molar-refractivity contribution in [2.75, 3.05) is 5.32 Å². The van der Waals surface area contributed by atoms with E-state index in [1.54, 1.807) is 0 Å². The largest absolute Gasteiger partial charge is 0.349 e. The number of rotatable bonds is 3. The van der Waals surface area contributed by atoms with Crippen molar-refractivity contribution >= 4 is 17.5 Å². The molecular formula is C18H17FN2O2. The van der Waals surface area contributed by atoms with E-state index in [0.29, 0.717) is 5.56 Å². The van der Waals surface area contributed by atoms with E-state index in [9.17, 15) is 14.0 Å². The first-order valence-corrected chi connectivity index (χ1v) is 7.47. The molecule has 2 amide bonds. The molecule has 1 aliphatic carbocycles. The van der Waals surface area contributed by atoms with Crippen LogP contribution in [0.2, 0.25) is 0 Å². The Balaban J connectivity index is 1.66. The van der Waals surface area contributed by atoms with Gasteiger partial charge >= 0.3 is 0 Å². The van der Waals surface area contributed by atoms with Crippen LogP contribution in [-0.4, -0.2) is 17.9 Å². The average molecular weight is 312 g/mol. The predicted octanol–water partition coefficient (Wildman–Crippen LogP) is 2.68. The Hall–Kier alpha value is -2.69. The normalized spacial score (nSPS) is 15.8. The maximum atomic E-state index is 12.9. The molecule has 0 heterocycles. The summed E-state index contributed by atoms with van der Waals surface area (Å²) >= 11 is 0.